The number of benzene rings is 2. The zero-order valence-electron chi connectivity index (χ0n) is 18.6. The van der Waals surface area contributed by atoms with E-state index in [1.807, 2.05) is 21.6 Å². The summed E-state index contributed by atoms with van der Waals surface area (Å²) in [5.41, 5.74) is 2.68. The van der Waals surface area contributed by atoms with Gasteiger partial charge in [-0.2, -0.15) is 0 Å². The number of amides is 1. The van der Waals surface area contributed by atoms with Gasteiger partial charge in [-0.3, -0.25) is 9.36 Å². The molecule has 0 saturated heterocycles. The zero-order valence-corrected chi connectivity index (χ0v) is 19.4. The van der Waals surface area contributed by atoms with Crippen LogP contribution in [0.2, 0.25) is 0 Å². The van der Waals surface area contributed by atoms with Crippen LogP contribution in [0, 0.1) is 5.82 Å². The van der Waals surface area contributed by atoms with Crippen LogP contribution in [-0.2, 0) is 17.8 Å². The monoisotopic (exact) mass is 468 g/mol. The first kappa shape index (κ1) is 21.8. The zero-order chi connectivity index (χ0) is 22.9. The Hall–Kier alpha value is -3.07. The molecule has 5 rings (SSSR count). The minimum atomic E-state index is -0.321. The Bertz CT molecular complexity index is 1190. The largest absolute Gasteiger partial charge is 0.493 e. The molecule has 3 aromatic rings. The molecule has 1 saturated carbocycles. The minimum Gasteiger partial charge on any atom is -0.493 e. The third-order valence-electron chi connectivity index (χ3n) is 6.09. The number of thioether (sulfide) groups is 1. The van der Waals surface area contributed by atoms with Crippen LogP contribution < -0.4 is 9.47 Å². The van der Waals surface area contributed by atoms with Crippen LogP contribution in [0.3, 0.4) is 0 Å². The normalized spacial score (nSPS) is 15.3. The first-order chi connectivity index (χ1) is 16.1. The number of nitrogens with zero attached hydrogens (tertiary/aromatic N) is 4. The predicted octanol–water partition coefficient (Wildman–Crippen LogP) is 4.11. The van der Waals surface area contributed by atoms with Crippen molar-refractivity contribution in [1.29, 1.82) is 0 Å². The van der Waals surface area contributed by atoms with Gasteiger partial charge in [0.15, 0.2) is 22.5 Å². The Morgan fingerprint density at radius 3 is 2.55 bits per heavy atom. The quantitative estimate of drug-likeness (QED) is 0.486. The molecule has 0 atom stereocenters. The topological polar surface area (TPSA) is 69.5 Å². The summed E-state index contributed by atoms with van der Waals surface area (Å²) >= 11 is 1.36. The smallest absolute Gasteiger partial charge is 0.233 e. The van der Waals surface area contributed by atoms with Crippen molar-refractivity contribution in [2.75, 3.05) is 26.5 Å². The number of carbonyl (C=O) groups is 1. The van der Waals surface area contributed by atoms with Crippen molar-refractivity contribution in [2.45, 2.75) is 37.0 Å². The number of carbonyl (C=O) groups excluding carboxylic acids is 1. The number of rotatable bonds is 7. The molecular formula is C24H25FN4O3S. The Kier molecular flexibility index (Phi) is 5.97. The molecule has 0 unspecified atom stereocenters. The Morgan fingerprint density at radius 1 is 1.12 bits per heavy atom. The fourth-order valence-corrected chi connectivity index (χ4v) is 5.09. The number of hydrogen-bond acceptors (Lipinski definition) is 6. The molecule has 0 radical (unpaired) electrons. The lowest BCUT2D eigenvalue weighted by molar-refractivity contribution is -0.129. The van der Waals surface area contributed by atoms with E-state index in [0.29, 0.717) is 41.1 Å². The lowest BCUT2D eigenvalue weighted by Crippen LogP contribution is -2.37. The maximum atomic E-state index is 14.4. The molecule has 0 spiro atoms. The summed E-state index contributed by atoms with van der Waals surface area (Å²) in [6.45, 7) is 1.18. The molecule has 7 nitrogen and oxygen atoms in total. The van der Waals surface area contributed by atoms with E-state index < -0.39 is 0 Å². The van der Waals surface area contributed by atoms with E-state index >= 15 is 0 Å². The predicted molar refractivity (Wildman–Crippen MR) is 123 cm³/mol. The molecule has 2 aliphatic rings. The molecule has 9 heteroatoms. The molecule has 33 heavy (non-hydrogen) atoms. The highest BCUT2D eigenvalue weighted by molar-refractivity contribution is 7.99. The summed E-state index contributed by atoms with van der Waals surface area (Å²) in [6, 6.07) is 10.8. The fraction of sp³-hybridized carbons (Fsp3) is 0.375. The summed E-state index contributed by atoms with van der Waals surface area (Å²) in [4.78, 5) is 14.9. The summed E-state index contributed by atoms with van der Waals surface area (Å²) in [7, 11) is 3.23. The van der Waals surface area contributed by atoms with Gasteiger partial charge in [0, 0.05) is 19.1 Å². The Morgan fingerprint density at radius 2 is 1.85 bits per heavy atom. The van der Waals surface area contributed by atoms with Crippen LogP contribution in [0.1, 0.15) is 30.0 Å². The first-order valence-corrected chi connectivity index (χ1v) is 11.9. The molecule has 1 aliphatic carbocycles. The lowest BCUT2D eigenvalue weighted by atomic mass is 9.99. The molecule has 1 fully saturated rings. The molecule has 0 bridgehead atoms. The van der Waals surface area contributed by atoms with Crippen molar-refractivity contribution in [3.05, 3.63) is 53.3 Å². The molecule has 1 aliphatic heterocycles. The van der Waals surface area contributed by atoms with Crippen molar-refractivity contribution in [1.82, 2.24) is 19.7 Å². The summed E-state index contributed by atoms with van der Waals surface area (Å²) in [6.07, 6.45) is 2.78. The van der Waals surface area contributed by atoms with Gasteiger partial charge in [-0.05, 0) is 54.7 Å². The SMILES string of the molecule is COc1cc2c(cc1OC)CN(C(=O)CSc1nnc(-c3ccccc3F)n1C1CC1)CC2. The average Bonchev–Trinajstić information content (AvgIpc) is 3.60. The van der Waals surface area contributed by atoms with E-state index in [-0.39, 0.29) is 23.5 Å². The maximum Gasteiger partial charge on any atom is 0.233 e. The van der Waals surface area contributed by atoms with Crippen molar-refractivity contribution in [2.24, 2.45) is 0 Å². The number of hydrogen-bond donors (Lipinski definition) is 0. The minimum absolute atomic E-state index is 0.0400. The molecular weight excluding hydrogens is 443 g/mol. The Balaban J connectivity index is 1.30. The van der Waals surface area contributed by atoms with Crippen LogP contribution in [0.25, 0.3) is 11.4 Å². The van der Waals surface area contributed by atoms with Crippen molar-refractivity contribution >= 4 is 17.7 Å². The van der Waals surface area contributed by atoms with Crippen molar-refractivity contribution in [3.8, 4) is 22.9 Å². The van der Waals surface area contributed by atoms with Crippen LogP contribution >= 0.6 is 11.8 Å². The third kappa shape index (κ3) is 4.29. The molecule has 1 amide bonds. The van der Waals surface area contributed by atoms with E-state index in [1.165, 1.54) is 23.4 Å². The van der Waals surface area contributed by atoms with Crippen molar-refractivity contribution in [3.63, 3.8) is 0 Å². The number of ether oxygens (including phenoxy) is 2. The lowest BCUT2D eigenvalue weighted by Gasteiger charge is -2.29. The summed E-state index contributed by atoms with van der Waals surface area (Å²) in [5.74, 6) is 1.87. The van der Waals surface area contributed by atoms with E-state index in [1.54, 1.807) is 32.4 Å². The number of methoxy groups -OCH3 is 2. The highest BCUT2D eigenvalue weighted by Crippen LogP contribution is 2.41. The molecule has 2 aromatic carbocycles. The van der Waals surface area contributed by atoms with Gasteiger partial charge >= 0.3 is 0 Å². The average molecular weight is 469 g/mol. The fourth-order valence-electron chi connectivity index (χ4n) is 4.18. The van der Waals surface area contributed by atoms with Gasteiger partial charge in [0.25, 0.3) is 0 Å². The number of halogens is 1. The van der Waals surface area contributed by atoms with Crippen LogP contribution in [0.4, 0.5) is 4.39 Å². The van der Waals surface area contributed by atoms with Crippen molar-refractivity contribution < 1.29 is 18.7 Å². The third-order valence-corrected chi connectivity index (χ3v) is 7.01. The van der Waals surface area contributed by atoms with Gasteiger partial charge in [0.1, 0.15) is 5.82 Å². The maximum absolute atomic E-state index is 14.4. The number of aromatic nitrogens is 3. The second-order valence-corrected chi connectivity index (χ2v) is 9.16. The van der Waals surface area contributed by atoms with Gasteiger partial charge in [-0.25, -0.2) is 4.39 Å². The van der Waals surface area contributed by atoms with Gasteiger partial charge in [-0.1, -0.05) is 23.9 Å². The summed E-state index contributed by atoms with van der Waals surface area (Å²) in [5, 5.41) is 9.22. The highest BCUT2D eigenvalue weighted by atomic mass is 32.2. The standard InChI is InChI=1S/C24H25FN4O3S/c1-31-20-11-15-9-10-28(13-16(15)12-21(20)32-2)22(30)14-33-24-27-26-23(29(24)17-7-8-17)18-5-3-4-6-19(18)25/h3-6,11-12,17H,7-10,13-14H2,1-2H3. The Labute approximate surface area is 195 Å². The van der Waals surface area contributed by atoms with Crippen LogP contribution in [-0.4, -0.2) is 52.1 Å². The van der Waals surface area contributed by atoms with Gasteiger partial charge in [0.2, 0.25) is 5.91 Å². The van der Waals surface area contributed by atoms with Crippen LogP contribution in [0.15, 0.2) is 41.6 Å². The molecule has 172 valence electrons. The first-order valence-electron chi connectivity index (χ1n) is 10.9. The van der Waals surface area contributed by atoms with Crippen LogP contribution in [0.5, 0.6) is 11.5 Å². The molecule has 1 aromatic heterocycles. The van der Waals surface area contributed by atoms with Gasteiger partial charge < -0.3 is 14.4 Å². The molecule has 2 heterocycles. The highest BCUT2D eigenvalue weighted by Gasteiger charge is 2.31. The van der Waals surface area contributed by atoms with Gasteiger partial charge in [-0.15, -0.1) is 10.2 Å². The van der Waals surface area contributed by atoms with E-state index in [4.69, 9.17) is 9.47 Å². The van der Waals surface area contributed by atoms with E-state index in [9.17, 15) is 9.18 Å². The second-order valence-electron chi connectivity index (χ2n) is 8.22. The van der Waals surface area contributed by atoms with E-state index in [0.717, 1.165) is 24.8 Å². The second kappa shape index (κ2) is 9.05. The van der Waals surface area contributed by atoms with E-state index in [2.05, 4.69) is 10.2 Å². The number of fused-ring (bicyclic) bond motifs is 1. The van der Waals surface area contributed by atoms with Gasteiger partial charge in [0.05, 0.1) is 25.5 Å². The molecule has 0 N–H and O–H groups in total. The summed E-state index contributed by atoms with van der Waals surface area (Å²) < 4.78 is 27.2.